The van der Waals surface area contributed by atoms with Crippen molar-refractivity contribution in [1.29, 1.82) is 0 Å². The molecule has 114 valence electrons. The molecule has 0 spiro atoms. The molecule has 0 aliphatic heterocycles. The molecule has 2 aromatic rings. The van der Waals surface area contributed by atoms with E-state index < -0.39 is 5.82 Å². The summed E-state index contributed by atoms with van der Waals surface area (Å²) in [6.45, 7) is 7.02. The van der Waals surface area contributed by atoms with Crippen LogP contribution in [0.15, 0.2) is 28.8 Å². The van der Waals surface area contributed by atoms with E-state index in [0.717, 1.165) is 5.69 Å². The number of rotatable bonds is 5. The fourth-order valence-corrected chi connectivity index (χ4v) is 1.70. The van der Waals surface area contributed by atoms with Crippen LogP contribution in [0.25, 0.3) is 0 Å². The maximum absolute atomic E-state index is 13.3. The molecule has 0 amide bonds. The van der Waals surface area contributed by atoms with Crippen molar-refractivity contribution in [2.24, 2.45) is 0 Å². The molecule has 2 rings (SSSR count). The van der Waals surface area contributed by atoms with Gasteiger partial charge in [-0.15, -0.1) is 0 Å². The Kier molecular flexibility index (Phi) is 4.85. The molecule has 1 heterocycles. The van der Waals surface area contributed by atoms with Crippen molar-refractivity contribution in [3.05, 3.63) is 46.6 Å². The first kappa shape index (κ1) is 15.8. The molecule has 0 saturated carbocycles. The highest BCUT2D eigenvalue weighted by atomic mass is 35.5. The van der Waals surface area contributed by atoms with Gasteiger partial charge in [-0.25, -0.2) is 4.39 Å². The van der Waals surface area contributed by atoms with E-state index in [9.17, 15) is 4.39 Å². The summed E-state index contributed by atoms with van der Waals surface area (Å²) in [6.07, 6.45) is 0. The number of hydrogen-bond donors (Lipinski definition) is 1. The third kappa shape index (κ3) is 5.02. The molecule has 1 aromatic heterocycles. The number of nitrogens with one attached hydrogen (secondary N) is 1. The van der Waals surface area contributed by atoms with E-state index in [2.05, 4.69) is 31.2 Å². The summed E-state index contributed by atoms with van der Waals surface area (Å²) in [5.41, 5.74) is 0.807. The lowest BCUT2D eigenvalue weighted by molar-refractivity contribution is 0.247. The quantitative estimate of drug-likeness (QED) is 0.908. The van der Waals surface area contributed by atoms with Gasteiger partial charge in [0.15, 0.2) is 5.76 Å². The van der Waals surface area contributed by atoms with Gasteiger partial charge in [0.05, 0.1) is 10.7 Å². The molecular weight excluding hydrogens is 295 g/mol. The molecule has 0 bridgehead atoms. The second-order valence-corrected chi connectivity index (χ2v) is 6.16. The van der Waals surface area contributed by atoms with E-state index >= 15 is 0 Å². The standard InChI is InChI=1S/C15H18ClFN2O2/c1-15(2,3)18-8-10-6-12(21-19-10)9-20-11-4-5-13(16)14(17)7-11/h4-7,18H,8-9H2,1-3H3. The van der Waals surface area contributed by atoms with E-state index in [0.29, 0.717) is 18.1 Å². The van der Waals surface area contributed by atoms with Crippen LogP contribution in [-0.4, -0.2) is 10.7 Å². The van der Waals surface area contributed by atoms with Crippen LogP contribution in [0.4, 0.5) is 4.39 Å². The number of ether oxygens (including phenoxy) is 1. The summed E-state index contributed by atoms with van der Waals surface area (Å²) < 4.78 is 23.9. The molecule has 0 radical (unpaired) electrons. The molecule has 0 aliphatic rings. The SMILES string of the molecule is CC(C)(C)NCc1cc(COc2ccc(Cl)c(F)c2)on1. The number of benzene rings is 1. The summed E-state index contributed by atoms with van der Waals surface area (Å²) in [6, 6.07) is 6.10. The average molecular weight is 313 g/mol. The normalized spacial score (nSPS) is 11.7. The number of aromatic nitrogens is 1. The van der Waals surface area contributed by atoms with E-state index in [-0.39, 0.29) is 17.2 Å². The lowest BCUT2D eigenvalue weighted by Crippen LogP contribution is -2.35. The molecule has 1 aromatic carbocycles. The Labute approximate surface area is 128 Å². The third-order valence-corrected chi connectivity index (χ3v) is 2.99. The zero-order valence-electron chi connectivity index (χ0n) is 12.2. The predicted molar refractivity (Wildman–Crippen MR) is 78.8 cm³/mol. The molecule has 0 fully saturated rings. The van der Waals surface area contributed by atoms with Gasteiger partial charge in [-0.05, 0) is 32.9 Å². The largest absolute Gasteiger partial charge is 0.485 e. The van der Waals surface area contributed by atoms with Gasteiger partial charge in [0.2, 0.25) is 0 Å². The van der Waals surface area contributed by atoms with E-state index in [1.165, 1.54) is 12.1 Å². The number of nitrogens with zero attached hydrogens (tertiary/aromatic N) is 1. The molecule has 4 nitrogen and oxygen atoms in total. The van der Waals surface area contributed by atoms with Crippen LogP contribution in [0.1, 0.15) is 32.2 Å². The molecule has 21 heavy (non-hydrogen) atoms. The van der Waals surface area contributed by atoms with Crippen molar-refractivity contribution < 1.29 is 13.7 Å². The van der Waals surface area contributed by atoms with Gasteiger partial charge in [0.25, 0.3) is 0 Å². The Hall–Kier alpha value is -1.59. The summed E-state index contributed by atoms with van der Waals surface area (Å²) in [5, 5.41) is 7.33. The van der Waals surface area contributed by atoms with E-state index in [1.54, 1.807) is 6.07 Å². The van der Waals surface area contributed by atoms with Crippen LogP contribution in [0.5, 0.6) is 5.75 Å². The third-order valence-electron chi connectivity index (χ3n) is 2.68. The molecule has 0 unspecified atom stereocenters. The van der Waals surface area contributed by atoms with Gasteiger partial charge in [-0.3, -0.25) is 0 Å². The van der Waals surface area contributed by atoms with Gasteiger partial charge in [-0.1, -0.05) is 16.8 Å². The lowest BCUT2D eigenvalue weighted by atomic mass is 10.1. The zero-order chi connectivity index (χ0) is 15.5. The van der Waals surface area contributed by atoms with Crippen LogP contribution in [0.2, 0.25) is 5.02 Å². The lowest BCUT2D eigenvalue weighted by Gasteiger charge is -2.19. The maximum atomic E-state index is 13.3. The Morgan fingerprint density at radius 1 is 1.33 bits per heavy atom. The molecule has 0 saturated heterocycles. The average Bonchev–Trinajstić information content (AvgIpc) is 2.85. The molecule has 0 atom stereocenters. The van der Waals surface area contributed by atoms with Crippen LogP contribution in [0.3, 0.4) is 0 Å². The van der Waals surface area contributed by atoms with Crippen LogP contribution >= 0.6 is 11.6 Å². The van der Waals surface area contributed by atoms with Crippen molar-refractivity contribution >= 4 is 11.6 Å². The minimum Gasteiger partial charge on any atom is -0.485 e. The molecule has 0 aliphatic carbocycles. The van der Waals surface area contributed by atoms with Gasteiger partial charge in [0.1, 0.15) is 18.2 Å². The number of halogens is 2. The maximum Gasteiger partial charge on any atom is 0.174 e. The van der Waals surface area contributed by atoms with Crippen LogP contribution < -0.4 is 10.1 Å². The fraction of sp³-hybridized carbons (Fsp3) is 0.400. The van der Waals surface area contributed by atoms with Crippen molar-refractivity contribution in [2.75, 3.05) is 0 Å². The summed E-state index contributed by atoms with van der Waals surface area (Å²) in [4.78, 5) is 0. The zero-order valence-corrected chi connectivity index (χ0v) is 13.0. The molecular formula is C15H18ClFN2O2. The van der Waals surface area contributed by atoms with Gasteiger partial charge >= 0.3 is 0 Å². The highest BCUT2D eigenvalue weighted by molar-refractivity contribution is 6.30. The summed E-state index contributed by atoms with van der Waals surface area (Å²) in [7, 11) is 0. The van der Waals surface area contributed by atoms with Gasteiger partial charge < -0.3 is 14.6 Å². The van der Waals surface area contributed by atoms with E-state index in [1.807, 2.05) is 6.07 Å². The minimum atomic E-state index is -0.512. The second kappa shape index (κ2) is 6.45. The first-order valence-corrected chi connectivity index (χ1v) is 6.99. The fourth-order valence-electron chi connectivity index (χ4n) is 1.58. The Morgan fingerprint density at radius 2 is 2.10 bits per heavy atom. The Balaban J connectivity index is 1.89. The van der Waals surface area contributed by atoms with Crippen LogP contribution in [-0.2, 0) is 13.2 Å². The smallest absolute Gasteiger partial charge is 0.174 e. The van der Waals surface area contributed by atoms with Crippen LogP contribution in [0, 0.1) is 5.82 Å². The second-order valence-electron chi connectivity index (χ2n) is 5.75. The highest BCUT2D eigenvalue weighted by Gasteiger charge is 2.11. The van der Waals surface area contributed by atoms with Gasteiger partial charge in [0, 0.05) is 24.2 Å². The highest BCUT2D eigenvalue weighted by Crippen LogP contribution is 2.21. The summed E-state index contributed by atoms with van der Waals surface area (Å²) >= 11 is 5.61. The van der Waals surface area contributed by atoms with Gasteiger partial charge in [-0.2, -0.15) is 0 Å². The van der Waals surface area contributed by atoms with Crippen molar-refractivity contribution in [3.8, 4) is 5.75 Å². The summed E-state index contributed by atoms with van der Waals surface area (Å²) in [5.74, 6) is 0.459. The Bertz CT molecular complexity index is 608. The van der Waals surface area contributed by atoms with Crippen molar-refractivity contribution in [1.82, 2.24) is 10.5 Å². The predicted octanol–water partition coefficient (Wildman–Crippen LogP) is 3.93. The minimum absolute atomic E-state index is 0.0104. The van der Waals surface area contributed by atoms with E-state index in [4.69, 9.17) is 20.9 Å². The molecule has 6 heteroatoms. The molecule has 1 N–H and O–H groups in total. The van der Waals surface area contributed by atoms with Crippen molar-refractivity contribution in [3.63, 3.8) is 0 Å². The Morgan fingerprint density at radius 3 is 2.76 bits per heavy atom. The number of hydrogen-bond acceptors (Lipinski definition) is 4. The first-order chi connectivity index (χ1) is 9.83. The van der Waals surface area contributed by atoms with Crippen molar-refractivity contribution in [2.45, 2.75) is 39.5 Å². The monoisotopic (exact) mass is 312 g/mol. The topological polar surface area (TPSA) is 47.3 Å². The first-order valence-electron chi connectivity index (χ1n) is 6.61.